The lowest BCUT2D eigenvalue weighted by Gasteiger charge is -2.44. The molecule has 0 amide bonds. The molecule has 0 saturated heterocycles. The molecule has 2 aliphatic heterocycles. The number of fused-ring (bicyclic) bond motifs is 13. The Morgan fingerprint density at radius 1 is 0.177 bits per heavy atom. The van der Waals surface area contributed by atoms with Crippen LogP contribution in [0.3, 0.4) is 0 Å². The third-order valence-corrected chi connectivity index (χ3v) is 26.6. The highest BCUT2D eigenvalue weighted by Crippen LogP contribution is 2.51. The van der Waals surface area contributed by atoms with E-state index in [1.807, 2.05) is 0 Å². The van der Waals surface area contributed by atoms with Crippen LogP contribution in [0.15, 0.2) is 376 Å². The van der Waals surface area contributed by atoms with Crippen LogP contribution in [0.25, 0.3) is 149 Å². The van der Waals surface area contributed by atoms with Crippen molar-refractivity contribution in [2.24, 2.45) is 0 Å². The molecule has 5 heterocycles. The van der Waals surface area contributed by atoms with Gasteiger partial charge in [-0.3, -0.25) is 0 Å². The van der Waals surface area contributed by atoms with Crippen molar-refractivity contribution in [1.29, 1.82) is 0 Å². The molecule has 0 saturated carbocycles. The van der Waals surface area contributed by atoms with Gasteiger partial charge in [0.2, 0.25) is 0 Å². The minimum atomic E-state index is -0.260. The zero-order valence-electron chi connectivity index (χ0n) is 72.6. The van der Waals surface area contributed by atoms with Crippen molar-refractivity contribution in [3.8, 4) is 83.8 Å². The lowest BCUT2D eigenvalue weighted by atomic mass is 9.33. The molecule has 6 heteroatoms. The Morgan fingerprint density at radius 2 is 0.444 bits per heavy atom. The number of nitrogens with zero attached hydrogens (tertiary/aromatic N) is 5. The summed E-state index contributed by atoms with van der Waals surface area (Å²) in [5.74, 6) is 0. The van der Waals surface area contributed by atoms with Crippen LogP contribution >= 0.6 is 0 Å². The topological polar surface area (TPSA) is 21.3 Å². The number of anilines is 6. The predicted molar refractivity (Wildman–Crippen MR) is 531 cm³/mol. The van der Waals surface area contributed by atoms with E-state index in [2.05, 4.69) is 483 Å². The van der Waals surface area contributed by atoms with Crippen molar-refractivity contribution >= 4 is 123 Å². The van der Waals surface area contributed by atoms with E-state index in [-0.39, 0.29) is 28.4 Å². The molecule has 3 aromatic heterocycles. The minimum absolute atomic E-state index is 0.0668. The van der Waals surface area contributed by atoms with Gasteiger partial charge < -0.3 is 23.5 Å². The normalized spacial score (nSPS) is 13.0. The van der Waals surface area contributed by atoms with E-state index in [1.54, 1.807) is 0 Å². The van der Waals surface area contributed by atoms with Crippen LogP contribution in [0.2, 0.25) is 0 Å². The highest BCUT2D eigenvalue weighted by molar-refractivity contribution is 7.00. The van der Waals surface area contributed by atoms with Gasteiger partial charge in [-0.2, -0.15) is 0 Å². The fourth-order valence-corrected chi connectivity index (χ4v) is 20.0. The second-order valence-electron chi connectivity index (χ2n) is 38.6. The van der Waals surface area contributed by atoms with E-state index >= 15 is 0 Å². The molecule has 2 aliphatic rings. The number of rotatable bonds is 11. The summed E-state index contributed by atoms with van der Waals surface area (Å²) in [6, 6.07) is 144. The van der Waals surface area contributed by atoms with Crippen LogP contribution in [-0.2, 0) is 21.7 Å². The summed E-state index contributed by atoms with van der Waals surface area (Å²) < 4.78 is 7.70. The van der Waals surface area contributed by atoms with Gasteiger partial charge in [-0.15, -0.1) is 0 Å². The van der Waals surface area contributed by atoms with Crippen molar-refractivity contribution in [3.05, 3.63) is 398 Å². The number of para-hydroxylation sites is 2. The third kappa shape index (κ3) is 12.8. The smallest absolute Gasteiger partial charge is 0.252 e. The van der Waals surface area contributed by atoms with Gasteiger partial charge in [-0.1, -0.05) is 320 Å². The Kier molecular flexibility index (Phi) is 17.6. The van der Waals surface area contributed by atoms with Crippen molar-refractivity contribution < 1.29 is 0 Å². The summed E-state index contributed by atoms with van der Waals surface area (Å²) >= 11 is 0. The molecule has 0 atom stereocenters. The van der Waals surface area contributed by atoms with E-state index < -0.39 is 0 Å². The second kappa shape index (κ2) is 28.7. The Morgan fingerprint density at radius 3 is 0.798 bits per heavy atom. The van der Waals surface area contributed by atoms with Crippen LogP contribution in [0, 0.1) is 0 Å². The predicted octanol–water partition coefficient (Wildman–Crippen LogP) is 30.3. The Hall–Kier alpha value is -14.2. The molecule has 0 radical (unpaired) electrons. The second-order valence-corrected chi connectivity index (χ2v) is 38.6. The highest BCUT2D eigenvalue weighted by atomic mass is 15.2. The molecule has 0 N–H and O–H groups in total. The standard InChI is InChI=1S/C118H98BN5/c1-115(2,3)87-48-60-106-101(67-87)100-57-47-90(118(10,11)12)70-109(100)122(106)93-53-58-102-110(71-93)120(91-49-41-79(42-50-91)85-63-81(75-29-17-13-18-30-75)61-82(64-85)76-31-19-14-20-32-76)112-73-95(124-104-39-27-25-37-96(104)97-38-26-28-40-105(97)124)74-113-114(112)119(102)103-59-54-94(123-107-68-88(116(4,5)6)45-55-98(107)99-56-46-89(69-108(99)123)117(7,8)9)72-111(103)121(113)92-51-43-80(44-52-92)86-65-83(77-33-21-15-22-34-77)62-84(66-86)78-35-23-16-24-36-78/h13-74H,1-12H3. The fourth-order valence-electron chi connectivity index (χ4n) is 20.0. The van der Waals surface area contributed by atoms with Gasteiger partial charge in [0.25, 0.3) is 6.71 Å². The van der Waals surface area contributed by atoms with Gasteiger partial charge >= 0.3 is 0 Å². The van der Waals surface area contributed by atoms with E-state index in [4.69, 9.17) is 0 Å². The number of aromatic nitrogens is 3. The van der Waals surface area contributed by atoms with Gasteiger partial charge in [0.1, 0.15) is 0 Å². The molecule has 0 unspecified atom stereocenters. The molecule has 598 valence electrons. The molecular formula is C118H98BN5. The monoisotopic (exact) mass is 1600 g/mol. The maximum absolute atomic E-state index is 2.64. The van der Waals surface area contributed by atoms with Gasteiger partial charge in [-0.25, -0.2) is 0 Å². The van der Waals surface area contributed by atoms with Crippen LogP contribution in [0.1, 0.15) is 105 Å². The molecule has 22 rings (SSSR count). The van der Waals surface area contributed by atoms with E-state index in [9.17, 15) is 0 Å². The quantitative estimate of drug-likeness (QED) is 0.120. The lowest BCUT2D eigenvalue weighted by Crippen LogP contribution is -2.61. The maximum Gasteiger partial charge on any atom is 0.252 e. The van der Waals surface area contributed by atoms with Crippen molar-refractivity contribution in [3.63, 3.8) is 0 Å². The third-order valence-electron chi connectivity index (χ3n) is 26.6. The highest BCUT2D eigenvalue weighted by Gasteiger charge is 2.45. The molecule has 0 aliphatic carbocycles. The maximum atomic E-state index is 2.64. The summed E-state index contributed by atoms with van der Waals surface area (Å²) in [7, 11) is 0. The van der Waals surface area contributed by atoms with Crippen LogP contribution in [0.5, 0.6) is 0 Å². The van der Waals surface area contributed by atoms with Crippen LogP contribution in [0.4, 0.5) is 34.1 Å². The molecular weight excluding hydrogens is 1500 g/mol. The molecule has 124 heavy (non-hydrogen) atoms. The van der Waals surface area contributed by atoms with Crippen molar-refractivity contribution in [2.75, 3.05) is 9.80 Å². The number of benzene rings is 17. The van der Waals surface area contributed by atoms with E-state index in [0.717, 1.165) is 84.5 Å². The average Bonchev–Trinajstić information content (AvgIpc) is 0.893. The summed E-state index contributed by atoms with van der Waals surface area (Å²) in [6.45, 7) is 27.8. The molecule has 0 spiro atoms. The lowest BCUT2D eigenvalue weighted by molar-refractivity contribution is 0.590. The van der Waals surface area contributed by atoms with Crippen LogP contribution in [-0.4, -0.2) is 20.4 Å². The minimum Gasteiger partial charge on any atom is -0.311 e. The number of hydrogen-bond donors (Lipinski definition) is 0. The Labute approximate surface area is 728 Å². The van der Waals surface area contributed by atoms with Gasteiger partial charge in [-0.05, 0) is 267 Å². The summed E-state index contributed by atoms with van der Waals surface area (Å²) in [4.78, 5) is 5.28. The first-order valence-corrected chi connectivity index (χ1v) is 44.0. The largest absolute Gasteiger partial charge is 0.311 e. The van der Waals surface area contributed by atoms with Crippen LogP contribution < -0.4 is 26.2 Å². The first-order chi connectivity index (χ1) is 60.0. The average molecular weight is 1600 g/mol. The summed E-state index contributed by atoms with van der Waals surface area (Å²) in [5.41, 5.74) is 39.3. The summed E-state index contributed by atoms with van der Waals surface area (Å²) in [6.07, 6.45) is 0. The van der Waals surface area contributed by atoms with Crippen molar-refractivity contribution in [1.82, 2.24) is 13.7 Å². The fraction of sp³-hybridized carbons (Fsp3) is 0.136. The molecule has 17 aromatic carbocycles. The molecule has 0 fully saturated rings. The molecule has 5 nitrogen and oxygen atoms in total. The first kappa shape index (κ1) is 76.0. The Balaban J connectivity index is 0.844. The first-order valence-electron chi connectivity index (χ1n) is 44.0. The van der Waals surface area contributed by atoms with Gasteiger partial charge in [0.05, 0.1) is 38.8 Å². The SMILES string of the molecule is CC(C)(C)c1ccc2c(c1)c1ccc(C(C)(C)C)cc1n2-c1ccc2c(c1)N(c1ccc(-c3cc(-c4ccccc4)cc(-c4ccccc4)c3)cc1)c1cc(-n3c4ccccc4c4ccccc43)cc3c1B2c1ccc(-n2c4cc(C(C)(C)C)ccc4c4ccc(C(C)(C)C)cc42)cc1N3c1ccc(-c2cc(-c3ccccc3)cc(-c3ccccc3)c2)cc1. The molecule has 0 bridgehead atoms. The number of hydrogen-bond acceptors (Lipinski definition) is 2. The zero-order chi connectivity index (χ0) is 84.4. The Bertz CT molecular complexity index is 7430. The van der Waals surface area contributed by atoms with Gasteiger partial charge in [0, 0.05) is 77.8 Å². The van der Waals surface area contributed by atoms with Gasteiger partial charge in [0.15, 0.2) is 0 Å². The van der Waals surface area contributed by atoms with Crippen molar-refractivity contribution in [2.45, 2.75) is 105 Å². The van der Waals surface area contributed by atoms with E-state index in [1.165, 1.54) is 138 Å². The summed E-state index contributed by atoms with van der Waals surface area (Å²) in [5, 5.41) is 7.38. The molecule has 20 aromatic rings. The zero-order valence-corrected chi connectivity index (χ0v) is 72.6. The van der Waals surface area contributed by atoms with E-state index in [0.29, 0.717) is 0 Å².